The van der Waals surface area contributed by atoms with Gasteiger partial charge in [-0.15, -0.1) is 0 Å². The van der Waals surface area contributed by atoms with Gasteiger partial charge in [-0.2, -0.15) is 0 Å². The minimum absolute atomic E-state index is 0.271. The maximum Gasteiger partial charge on any atom is 0.0332 e. The van der Waals surface area contributed by atoms with Crippen LogP contribution in [0.25, 0.3) is 0 Å². The highest BCUT2D eigenvalue weighted by atomic mass is 15.3. The molecule has 3 nitrogen and oxygen atoms in total. The van der Waals surface area contributed by atoms with E-state index in [1.807, 2.05) is 0 Å². The van der Waals surface area contributed by atoms with Crippen molar-refractivity contribution in [3.05, 3.63) is 0 Å². The van der Waals surface area contributed by atoms with Crippen molar-refractivity contribution in [2.24, 2.45) is 11.7 Å². The highest BCUT2D eigenvalue weighted by molar-refractivity contribution is 4.93. The van der Waals surface area contributed by atoms with Gasteiger partial charge in [-0.3, -0.25) is 4.90 Å². The summed E-state index contributed by atoms with van der Waals surface area (Å²) < 4.78 is 0. The van der Waals surface area contributed by atoms with Crippen LogP contribution in [0.15, 0.2) is 0 Å². The second kappa shape index (κ2) is 8.23. The molecule has 1 rings (SSSR count). The van der Waals surface area contributed by atoms with Crippen LogP contribution in [0.2, 0.25) is 0 Å². The molecule has 19 heavy (non-hydrogen) atoms. The molecule has 0 atom stereocenters. The first-order chi connectivity index (χ1) is 9.07. The molecule has 1 aliphatic heterocycles. The summed E-state index contributed by atoms with van der Waals surface area (Å²) in [6.45, 7) is 16.1. The van der Waals surface area contributed by atoms with Crippen LogP contribution in [0.4, 0.5) is 0 Å². The Morgan fingerprint density at radius 3 is 1.89 bits per heavy atom. The van der Waals surface area contributed by atoms with E-state index in [9.17, 15) is 0 Å². The standard InChI is InChI=1S/C16H35N3/c1-5-7-16(14-17,8-6-2)19-11-9-18(10-12-19)13-15(3)4/h15H,5-14,17H2,1-4H3. The van der Waals surface area contributed by atoms with Crippen molar-refractivity contribution in [3.8, 4) is 0 Å². The molecular weight excluding hydrogens is 234 g/mol. The van der Waals surface area contributed by atoms with E-state index in [0.717, 1.165) is 12.5 Å². The molecular formula is C16H35N3. The molecule has 0 aliphatic carbocycles. The molecule has 0 radical (unpaired) electrons. The number of hydrogen-bond donors (Lipinski definition) is 1. The molecule has 1 heterocycles. The Hall–Kier alpha value is -0.120. The van der Waals surface area contributed by atoms with Gasteiger partial charge in [0.2, 0.25) is 0 Å². The van der Waals surface area contributed by atoms with Crippen molar-refractivity contribution in [1.29, 1.82) is 0 Å². The Labute approximate surface area is 120 Å². The van der Waals surface area contributed by atoms with Crippen molar-refractivity contribution < 1.29 is 0 Å². The molecule has 3 heteroatoms. The predicted octanol–water partition coefficient (Wildman–Crippen LogP) is 2.56. The third-order valence-electron chi connectivity index (χ3n) is 4.48. The molecule has 0 aromatic carbocycles. The Bertz CT molecular complexity index is 226. The molecule has 0 amide bonds. The second-order valence-electron chi connectivity index (χ2n) is 6.61. The number of rotatable bonds is 8. The van der Waals surface area contributed by atoms with E-state index >= 15 is 0 Å². The van der Waals surface area contributed by atoms with E-state index in [2.05, 4.69) is 37.5 Å². The summed E-state index contributed by atoms with van der Waals surface area (Å²) in [4.78, 5) is 5.30. The summed E-state index contributed by atoms with van der Waals surface area (Å²) in [6, 6.07) is 0. The van der Waals surface area contributed by atoms with Crippen LogP contribution in [0.5, 0.6) is 0 Å². The van der Waals surface area contributed by atoms with Gasteiger partial charge in [-0.25, -0.2) is 0 Å². The van der Waals surface area contributed by atoms with Gasteiger partial charge in [0.1, 0.15) is 0 Å². The van der Waals surface area contributed by atoms with Crippen LogP contribution in [-0.4, -0.2) is 54.6 Å². The third-order valence-corrected chi connectivity index (χ3v) is 4.48. The molecule has 0 bridgehead atoms. The number of nitrogens with two attached hydrogens (primary N) is 1. The number of piperazine rings is 1. The van der Waals surface area contributed by atoms with Crippen LogP contribution < -0.4 is 5.73 Å². The summed E-state index contributed by atoms with van der Waals surface area (Å²) in [5, 5.41) is 0. The van der Waals surface area contributed by atoms with Gasteiger partial charge < -0.3 is 10.6 Å². The molecule has 1 saturated heterocycles. The van der Waals surface area contributed by atoms with Gasteiger partial charge in [0.05, 0.1) is 0 Å². The third kappa shape index (κ3) is 4.73. The second-order valence-corrected chi connectivity index (χ2v) is 6.61. The molecule has 0 unspecified atom stereocenters. The Morgan fingerprint density at radius 1 is 1.00 bits per heavy atom. The van der Waals surface area contributed by atoms with Crippen molar-refractivity contribution in [2.75, 3.05) is 39.3 Å². The van der Waals surface area contributed by atoms with Crippen molar-refractivity contribution >= 4 is 0 Å². The minimum Gasteiger partial charge on any atom is -0.329 e. The molecule has 1 fully saturated rings. The lowest BCUT2D eigenvalue weighted by atomic mass is 9.86. The van der Waals surface area contributed by atoms with Gasteiger partial charge in [-0.05, 0) is 18.8 Å². The zero-order chi connectivity index (χ0) is 14.3. The first-order valence-corrected chi connectivity index (χ1v) is 8.25. The predicted molar refractivity (Wildman–Crippen MR) is 84.5 cm³/mol. The van der Waals surface area contributed by atoms with Gasteiger partial charge >= 0.3 is 0 Å². The fourth-order valence-electron chi connectivity index (χ4n) is 3.63. The Balaban J connectivity index is 2.58. The largest absolute Gasteiger partial charge is 0.329 e. The van der Waals surface area contributed by atoms with Crippen LogP contribution >= 0.6 is 0 Å². The van der Waals surface area contributed by atoms with E-state index < -0.39 is 0 Å². The fourth-order valence-corrected chi connectivity index (χ4v) is 3.63. The van der Waals surface area contributed by atoms with Crippen molar-refractivity contribution in [2.45, 2.75) is 58.9 Å². The summed E-state index contributed by atoms with van der Waals surface area (Å²) in [7, 11) is 0. The van der Waals surface area contributed by atoms with Gasteiger partial charge in [0.15, 0.2) is 0 Å². The highest BCUT2D eigenvalue weighted by Crippen LogP contribution is 2.27. The van der Waals surface area contributed by atoms with Crippen LogP contribution in [0.1, 0.15) is 53.4 Å². The highest BCUT2D eigenvalue weighted by Gasteiger charge is 2.35. The summed E-state index contributed by atoms with van der Waals surface area (Å²) in [5.74, 6) is 0.775. The molecule has 0 aromatic heterocycles. The average Bonchev–Trinajstić information content (AvgIpc) is 2.38. The Kier molecular flexibility index (Phi) is 7.33. The first kappa shape index (κ1) is 16.9. The molecule has 0 aromatic rings. The van der Waals surface area contributed by atoms with E-state index in [0.29, 0.717) is 0 Å². The lowest BCUT2D eigenvalue weighted by Gasteiger charge is -2.48. The molecule has 1 aliphatic rings. The maximum atomic E-state index is 6.17. The van der Waals surface area contributed by atoms with Gasteiger partial charge in [-0.1, -0.05) is 40.5 Å². The van der Waals surface area contributed by atoms with Crippen LogP contribution in [-0.2, 0) is 0 Å². The van der Waals surface area contributed by atoms with E-state index in [1.54, 1.807) is 0 Å². The van der Waals surface area contributed by atoms with Crippen molar-refractivity contribution in [3.63, 3.8) is 0 Å². The molecule has 0 saturated carbocycles. The van der Waals surface area contributed by atoms with E-state index in [1.165, 1.54) is 58.4 Å². The zero-order valence-corrected chi connectivity index (χ0v) is 13.6. The van der Waals surface area contributed by atoms with Gasteiger partial charge in [0, 0.05) is 44.8 Å². The zero-order valence-electron chi connectivity index (χ0n) is 13.6. The van der Waals surface area contributed by atoms with E-state index in [4.69, 9.17) is 5.73 Å². The fraction of sp³-hybridized carbons (Fsp3) is 1.00. The van der Waals surface area contributed by atoms with Crippen LogP contribution in [0, 0.1) is 5.92 Å². The smallest absolute Gasteiger partial charge is 0.0332 e. The number of hydrogen-bond acceptors (Lipinski definition) is 3. The van der Waals surface area contributed by atoms with Crippen molar-refractivity contribution in [1.82, 2.24) is 9.80 Å². The monoisotopic (exact) mass is 269 g/mol. The van der Waals surface area contributed by atoms with Gasteiger partial charge in [0.25, 0.3) is 0 Å². The first-order valence-electron chi connectivity index (χ1n) is 8.25. The minimum atomic E-state index is 0.271. The topological polar surface area (TPSA) is 32.5 Å². The summed E-state index contributed by atoms with van der Waals surface area (Å²) in [5.41, 5.74) is 6.44. The normalized spacial score (nSPS) is 19.3. The maximum absolute atomic E-state index is 6.17. The lowest BCUT2D eigenvalue weighted by molar-refractivity contribution is 0.0210. The summed E-state index contributed by atoms with van der Waals surface area (Å²) in [6.07, 6.45) is 4.98. The summed E-state index contributed by atoms with van der Waals surface area (Å²) >= 11 is 0. The Morgan fingerprint density at radius 2 is 1.53 bits per heavy atom. The molecule has 2 N–H and O–H groups in total. The quantitative estimate of drug-likeness (QED) is 0.735. The molecule has 114 valence electrons. The van der Waals surface area contributed by atoms with E-state index in [-0.39, 0.29) is 5.54 Å². The molecule has 0 spiro atoms. The van der Waals surface area contributed by atoms with Crippen LogP contribution in [0.3, 0.4) is 0 Å². The lowest BCUT2D eigenvalue weighted by Crippen LogP contribution is -2.60. The number of nitrogens with zero attached hydrogens (tertiary/aromatic N) is 2. The average molecular weight is 269 g/mol. The SMILES string of the molecule is CCCC(CN)(CCC)N1CCN(CC(C)C)CC1.